The molecule has 4 heteroatoms. The molecule has 0 aromatic heterocycles. The first-order valence-corrected chi connectivity index (χ1v) is 3.93. The molecule has 0 saturated heterocycles. The molecule has 1 aliphatic carbocycles. The zero-order valence-electron chi connectivity index (χ0n) is 6.73. The van der Waals surface area contributed by atoms with Crippen LogP contribution in [0.1, 0.15) is 12.8 Å². The predicted molar refractivity (Wildman–Crippen MR) is 43.4 cm³/mol. The summed E-state index contributed by atoms with van der Waals surface area (Å²) in [7, 11) is 0. The number of hydrogen-bond donors (Lipinski definition) is 3. The van der Waals surface area contributed by atoms with E-state index in [-0.39, 0.29) is 12.3 Å². The summed E-state index contributed by atoms with van der Waals surface area (Å²) in [6, 6.07) is 0. The van der Waals surface area contributed by atoms with Gasteiger partial charge in [0.1, 0.15) is 0 Å². The number of nitrogens with two attached hydrogens (primary N) is 1. The minimum absolute atomic E-state index is 0.0642. The fraction of sp³-hybridized carbons (Fsp3) is 0.625. The summed E-state index contributed by atoms with van der Waals surface area (Å²) in [6.45, 7) is -0.0642. The Hall–Kier alpha value is -0.710. The number of hydrogen-bond acceptors (Lipinski definition) is 4. The number of carbonyl (C=O) groups excluding carboxylic acids is 1. The van der Waals surface area contributed by atoms with Crippen LogP contribution in [0.15, 0.2) is 11.6 Å². The van der Waals surface area contributed by atoms with Gasteiger partial charge in [0.2, 0.25) is 0 Å². The number of Topliss-reactive ketones (excluding diaryl/α,β-unsaturated/α-hetero) is 1. The van der Waals surface area contributed by atoms with E-state index in [1.54, 1.807) is 0 Å². The van der Waals surface area contributed by atoms with E-state index in [1.807, 2.05) is 0 Å². The summed E-state index contributed by atoms with van der Waals surface area (Å²) >= 11 is 0. The highest BCUT2D eigenvalue weighted by Crippen LogP contribution is 2.18. The van der Waals surface area contributed by atoms with Gasteiger partial charge in [-0.25, -0.2) is 0 Å². The maximum Gasteiger partial charge on any atom is 0.172 e. The molecular weight excluding hydrogens is 158 g/mol. The molecule has 4 nitrogen and oxygen atoms in total. The van der Waals surface area contributed by atoms with Crippen molar-refractivity contribution in [1.29, 1.82) is 0 Å². The fourth-order valence-corrected chi connectivity index (χ4v) is 1.32. The quantitative estimate of drug-likeness (QED) is 0.495. The van der Waals surface area contributed by atoms with Gasteiger partial charge in [0.15, 0.2) is 5.78 Å². The third-order valence-electron chi connectivity index (χ3n) is 1.91. The molecule has 0 radical (unpaired) electrons. The monoisotopic (exact) mass is 171 g/mol. The van der Waals surface area contributed by atoms with E-state index >= 15 is 0 Å². The van der Waals surface area contributed by atoms with Gasteiger partial charge in [-0.3, -0.25) is 4.79 Å². The highest BCUT2D eigenvalue weighted by Gasteiger charge is 2.21. The van der Waals surface area contributed by atoms with Crippen LogP contribution < -0.4 is 5.73 Å². The third kappa shape index (κ3) is 2.14. The molecule has 0 amide bonds. The van der Waals surface area contributed by atoms with Gasteiger partial charge < -0.3 is 15.9 Å². The van der Waals surface area contributed by atoms with Gasteiger partial charge in [-0.2, -0.15) is 0 Å². The molecule has 0 aromatic carbocycles. The predicted octanol–water partition coefficient (Wildman–Crippen LogP) is -1.04. The standard InChI is InChI=1S/C8H13NO3/c9-4-8(12)5-1-6(10)3-7(11)2-5/h1,6-7,10-11H,2-4,9H2. The van der Waals surface area contributed by atoms with Crippen LogP contribution in [-0.4, -0.2) is 34.7 Å². The zero-order chi connectivity index (χ0) is 9.14. The van der Waals surface area contributed by atoms with Crippen LogP contribution in [0.3, 0.4) is 0 Å². The maximum atomic E-state index is 11.0. The molecule has 0 aliphatic heterocycles. The molecule has 12 heavy (non-hydrogen) atoms. The van der Waals surface area contributed by atoms with E-state index in [4.69, 9.17) is 10.8 Å². The van der Waals surface area contributed by atoms with E-state index in [0.29, 0.717) is 18.4 Å². The Kier molecular flexibility index (Phi) is 2.97. The van der Waals surface area contributed by atoms with Gasteiger partial charge in [-0.15, -0.1) is 0 Å². The first kappa shape index (κ1) is 9.38. The van der Waals surface area contributed by atoms with Gasteiger partial charge in [0, 0.05) is 12.8 Å². The van der Waals surface area contributed by atoms with Crippen molar-refractivity contribution in [3.8, 4) is 0 Å². The van der Waals surface area contributed by atoms with Gasteiger partial charge in [-0.05, 0) is 11.6 Å². The molecule has 0 bridgehead atoms. The summed E-state index contributed by atoms with van der Waals surface area (Å²) in [6.07, 6.45) is 0.769. The lowest BCUT2D eigenvalue weighted by molar-refractivity contribution is -0.115. The Bertz CT molecular complexity index is 212. The van der Waals surface area contributed by atoms with Crippen molar-refractivity contribution in [1.82, 2.24) is 0 Å². The molecule has 68 valence electrons. The highest BCUT2D eigenvalue weighted by molar-refractivity contribution is 5.97. The molecule has 2 unspecified atom stereocenters. The lowest BCUT2D eigenvalue weighted by Crippen LogP contribution is -2.27. The van der Waals surface area contributed by atoms with Crippen molar-refractivity contribution in [3.63, 3.8) is 0 Å². The molecule has 0 fully saturated rings. The Morgan fingerprint density at radius 2 is 2.33 bits per heavy atom. The molecule has 1 rings (SSSR count). The van der Waals surface area contributed by atoms with Crippen molar-refractivity contribution >= 4 is 5.78 Å². The number of aliphatic hydroxyl groups excluding tert-OH is 2. The summed E-state index contributed by atoms with van der Waals surface area (Å²) in [4.78, 5) is 11.0. The summed E-state index contributed by atoms with van der Waals surface area (Å²) in [5.41, 5.74) is 5.59. The van der Waals surface area contributed by atoms with Crippen LogP contribution >= 0.6 is 0 Å². The zero-order valence-corrected chi connectivity index (χ0v) is 6.73. The summed E-state index contributed by atoms with van der Waals surface area (Å²) in [5, 5.41) is 18.4. The maximum absolute atomic E-state index is 11.0. The van der Waals surface area contributed by atoms with Crippen molar-refractivity contribution in [2.75, 3.05) is 6.54 Å². The highest BCUT2D eigenvalue weighted by atomic mass is 16.3. The second-order valence-corrected chi connectivity index (χ2v) is 2.98. The topological polar surface area (TPSA) is 83.6 Å². The third-order valence-corrected chi connectivity index (χ3v) is 1.91. The van der Waals surface area contributed by atoms with Crippen LogP contribution in [0, 0.1) is 0 Å². The largest absolute Gasteiger partial charge is 0.393 e. The lowest BCUT2D eigenvalue weighted by atomic mass is 9.92. The number of ketones is 1. The first-order chi connectivity index (χ1) is 5.63. The van der Waals surface area contributed by atoms with Crippen molar-refractivity contribution in [2.24, 2.45) is 5.73 Å². The number of aliphatic hydroxyl groups is 2. The normalized spacial score (nSPS) is 29.8. The van der Waals surface area contributed by atoms with Crippen molar-refractivity contribution < 1.29 is 15.0 Å². The van der Waals surface area contributed by atoms with Gasteiger partial charge >= 0.3 is 0 Å². The molecule has 2 atom stereocenters. The van der Waals surface area contributed by atoms with Crippen LogP contribution in [0.4, 0.5) is 0 Å². The van der Waals surface area contributed by atoms with E-state index < -0.39 is 12.2 Å². The molecule has 0 spiro atoms. The summed E-state index contributed by atoms with van der Waals surface area (Å²) in [5.74, 6) is -0.201. The molecule has 0 aromatic rings. The summed E-state index contributed by atoms with van der Waals surface area (Å²) < 4.78 is 0. The Morgan fingerprint density at radius 3 is 2.83 bits per heavy atom. The van der Waals surface area contributed by atoms with Crippen molar-refractivity contribution in [2.45, 2.75) is 25.0 Å². The van der Waals surface area contributed by atoms with Crippen LogP contribution in [0.25, 0.3) is 0 Å². The molecule has 4 N–H and O–H groups in total. The Morgan fingerprint density at radius 1 is 1.67 bits per heavy atom. The van der Waals surface area contributed by atoms with Crippen molar-refractivity contribution in [3.05, 3.63) is 11.6 Å². The van der Waals surface area contributed by atoms with Crippen LogP contribution in [0.5, 0.6) is 0 Å². The second-order valence-electron chi connectivity index (χ2n) is 2.98. The minimum atomic E-state index is -0.709. The average Bonchev–Trinajstić information content (AvgIpc) is 2.01. The van der Waals surface area contributed by atoms with E-state index in [1.165, 1.54) is 6.08 Å². The van der Waals surface area contributed by atoms with E-state index in [9.17, 15) is 9.90 Å². The first-order valence-electron chi connectivity index (χ1n) is 3.93. The van der Waals surface area contributed by atoms with Gasteiger partial charge in [0.05, 0.1) is 18.8 Å². The smallest absolute Gasteiger partial charge is 0.172 e. The van der Waals surface area contributed by atoms with Gasteiger partial charge in [-0.1, -0.05) is 0 Å². The van der Waals surface area contributed by atoms with E-state index in [2.05, 4.69) is 0 Å². The minimum Gasteiger partial charge on any atom is -0.393 e. The van der Waals surface area contributed by atoms with E-state index in [0.717, 1.165) is 0 Å². The molecule has 0 heterocycles. The fourth-order valence-electron chi connectivity index (χ4n) is 1.32. The Labute approximate surface area is 70.7 Å². The number of rotatable bonds is 2. The van der Waals surface area contributed by atoms with Gasteiger partial charge in [0.25, 0.3) is 0 Å². The average molecular weight is 171 g/mol. The van der Waals surface area contributed by atoms with Crippen LogP contribution in [0.2, 0.25) is 0 Å². The Balaban J connectivity index is 2.69. The second kappa shape index (κ2) is 3.80. The van der Waals surface area contributed by atoms with Crippen LogP contribution in [-0.2, 0) is 4.79 Å². The molecule has 0 saturated carbocycles. The number of carbonyl (C=O) groups is 1. The molecular formula is C8H13NO3. The molecule has 1 aliphatic rings. The lowest BCUT2D eigenvalue weighted by Gasteiger charge is -2.20. The SMILES string of the molecule is NCC(=O)C1=CC(O)CC(O)C1.